The van der Waals surface area contributed by atoms with Gasteiger partial charge in [0, 0.05) is 0 Å². The van der Waals surface area contributed by atoms with Gasteiger partial charge in [0.2, 0.25) is 0 Å². The topological polar surface area (TPSA) is 186 Å². The lowest BCUT2D eigenvalue weighted by atomic mass is 9.76. The normalized spacial score (nSPS) is 53.5. The Morgan fingerprint density at radius 2 is 1.45 bits per heavy atom. The average Bonchev–Trinajstić information content (AvgIpc) is 2.51. The Balaban J connectivity index is 2.24. The number of aliphatic hydroxyl groups is 7. The molecule has 2 heterocycles. The van der Waals surface area contributed by atoms with Gasteiger partial charge in [-0.15, -0.1) is 0 Å². The van der Waals surface area contributed by atoms with Crippen molar-refractivity contribution in [3.05, 3.63) is 0 Å². The molecule has 2 saturated heterocycles. The van der Waals surface area contributed by atoms with Gasteiger partial charge in [-0.2, -0.15) is 0 Å². The van der Waals surface area contributed by atoms with Crippen LogP contribution in [0, 0.1) is 0 Å². The summed E-state index contributed by atoms with van der Waals surface area (Å²) < 4.78 is 10.5. The van der Waals surface area contributed by atoms with E-state index in [1.54, 1.807) is 0 Å². The van der Waals surface area contributed by atoms with Crippen molar-refractivity contribution in [3.8, 4) is 0 Å². The largest absolute Gasteiger partial charge is 0.394 e. The van der Waals surface area contributed by atoms with Gasteiger partial charge in [-0.3, -0.25) is 0 Å². The monoisotopic (exact) mass is 325 g/mol. The lowest BCUT2D eigenvalue weighted by Gasteiger charge is -2.52. The van der Waals surface area contributed by atoms with Crippen molar-refractivity contribution >= 4 is 0 Å². The predicted octanol–water partition coefficient (Wildman–Crippen LogP) is -5.36. The Bertz CT molecular complexity index is 384. The van der Waals surface area contributed by atoms with Crippen molar-refractivity contribution in [1.29, 1.82) is 0 Å². The van der Waals surface area contributed by atoms with Gasteiger partial charge in [-0.25, -0.2) is 0 Å². The van der Waals surface area contributed by atoms with Crippen LogP contribution in [0.1, 0.15) is 0 Å². The standard InChI is InChI=1S/C12H23NO9/c13-12(3-21-4(1-14)7(17)10(12)20)11-9(19)8(18)6(16)5(2-15)22-11/h4-11,14-20H,1-3,13H2/t4-,5-,6+,7+,8+,9-,10+,11?,12+/m1/s1. The summed E-state index contributed by atoms with van der Waals surface area (Å²) in [4.78, 5) is 0. The van der Waals surface area contributed by atoms with E-state index in [0.717, 1.165) is 0 Å². The molecule has 9 N–H and O–H groups in total. The summed E-state index contributed by atoms with van der Waals surface area (Å²) in [6.45, 7) is -1.56. The Morgan fingerprint density at radius 3 is 2.00 bits per heavy atom. The summed E-state index contributed by atoms with van der Waals surface area (Å²) in [5, 5.41) is 68.0. The molecule has 0 aromatic carbocycles. The predicted molar refractivity (Wildman–Crippen MR) is 69.5 cm³/mol. The smallest absolute Gasteiger partial charge is 0.111 e. The second-order valence-corrected chi connectivity index (χ2v) is 5.83. The minimum Gasteiger partial charge on any atom is -0.394 e. The zero-order chi connectivity index (χ0) is 16.7. The van der Waals surface area contributed by atoms with Gasteiger partial charge in [0.05, 0.1) is 25.4 Å². The molecule has 9 atom stereocenters. The number of rotatable bonds is 3. The molecule has 2 aliphatic rings. The summed E-state index contributed by atoms with van der Waals surface area (Å²) in [6, 6.07) is 0. The van der Waals surface area contributed by atoms with E-state index < -0.39 is 67.6 Å². The molecule has 0 aromatic rings. The third-order valence-corrected chi connectivity index (χ3v) is 4.40. The maximum absolute atomic E-state index is 10.2. The maximum Gasteiger partial charge on any atom is 0.111 e. The minimum atomic E-state index is -1.81. The van der Waals surface area contributed by atoms with Crippen LogP contribution in [0.4, 0.5) is 0 Å². The molecule has 0 aromatic heterocycles. The van der Waals surface area contributed by atoms with Crippen LogP contribution in [0.2, 0.25) is 0 Å². The van der Waals surface area contributed by atoms with Gasteiger partial charge >= 0.3 is 0 Å². The van der Waals surface area contributed by atoms with E-state index in [4.69, 9.17) is 25.4 Å². The van der Waals surface area contributed by atoms with Gasteiger partial charge in [0.15, 0.2) is 0 Å². The lowest BCUT2D eigenvalue weighted by Crippen LogP contribution is -2.77. The molecular formula is C12H23NO9. The molecule has 0 bridgehead atoms. The highest BCUT2D eigenvalue weighted by Crippen LogP contribution is 2.33. The molecule has 130 valence electrons. The van der Waals surface area contributed by atoms with Gasteiger partial charge in [0.25, 0.3) is 0 Å². The molecule has 2 rings (SSSR count). The fraction of sp³-hybridized carbons (Fsp3) is 1.00. The zero-order valence-electron chi connectivity index (χ0n) is 11.8. The summed E-state index contributed by atoms with van der Waals surface area (Å²) in [7, 11) is 0. The third kappa shape index (κ3) is 2.76. The van der Waals surface area contributed by atoms with Gasteiger partial charge in [-0.1, -0.05) is 0 Å². The van der Waals surface area contributed by atoms with E-state index in [-0.39, 0.29) is 6.61 Å². The highest BCUT2D eigenvalue weighted by Gasteiger charge is 2.58. The van der Waals surface area contributed by atoms with Crippen LogP contribution in [0.3, 0.4) is 0 Å². The third-order valence-electron chi connectivity index (χ3n) is 4.40. The van der Waals surface area contributed by atoms with E-state index in [9.17, 15) is 25.5 Å². The Morgan fingerprint density at radius 1 is 0.864 bits per heavy atom. The quantitative estimate of drug-likeness (QED) is 0.249. The first-order valence-electron chi connectivity index (χ1n) is 6.96. The second-order valence-electron chi connectivity index (χ2n) is 5.83. The van der Waals surface area contributed by atoms with Crippen molar-refractivity contribution in [3.63, 3.8) is 0 Å². The second kappa shape index (κ2) is 6.61. The molecule has 0 radical (unpaired) electrons. The van der Waals surface area contributed by atoms with Crippen molar-refractivity contribution < 1.29 is 45.2 Å². The van der Waals surface area contributed by atoms with Gasteiger partial charge in [-0.05, 0) is 0 Å². The number of ether oxygens (including phenoxy) is 2. The SMILES string of the molecule is N[C@@]1(C2O[C@H](CO)[C@H](O)[C@H](O)[C@H]2O)CO[C@H](CO)[C@H](O)[C@@H]1O. The van der Waals surface area contributed by atoms with E-state index in [0.29, 0.717) is 0 Å². The Hall–Kier alpha value is -0.400. The first kappa shape index (κ1) is 17.9. The molecule has 10 heteroatoms. The van der Waals surface area contributed by atoms with E-state index >= 15 is 0 Å². The molecule has 0 saturated carbocycles. The van der Waals surface area contributed by atoms with Gasteiger partial charge < -0.3 is 51.0 Å². The lowest BCUT2D eigenvalue weighted by molar-refractivity contribution is -0.278. The average molecular weight is 325 g/mol. The first-order chi connectivity index (χ1) is 10.3. The van der Waals surface area contributed by atoms with Crippen molar-refractivity contribution in [2.45, 2.75) is 54.4 Å². The highest BCUT2D eigenvalue weighted by atomic mass is 16.6. The zero-order valence-corrected chi connectivity index (χ0v) is 11.8. The van der Waals surface area contributed by atoms with Crippen LogP contribution in [-0.2, 0) is 9.47 Å². The van der Waals surface area contributed by atoms with E-state index in [1.807, 2.05) is 0 Å². The number of hydrogen-bond acceptors (Lipinski definition) is 10. The Labute approximate surface area is 126 Å². The highest BCUT2D eigenvalue weighted by molar-refractivity contribution is 5.11. The molecule has 2 aliphatic heterocycles. The van der Waals surface area contributed by atoms with Crippen molar-refractivity contribution in [2.75, 3.05) is 19.8 Å². The fourth-order valence-electron chi connectivity index (χ4n) is 2.91. The molecule has 22 heavy (non-hydrogen) atoms. The summed E-state index contributed by atoms with van der Waals surface area (Å²) in [5.74, 6) is 0. The van der Waals surface area contributed by atoms with Crippen LogP contribution in [0.15, 0.2) is 0 Å². The van der Waals surface area contributed by atoms with Crippen molar-refractivity contribution in [1.82, 2.24) is 0 Å². The molecule has 10 nitrogen and oxygen atoms in total. The molecule has 0 amide bonds. The summed E-state index contributed by atoms with van der Waals surface area (Å²) in [5.41, 5.74) is 4.22. The molecule has 2 fully saturated rings. The van der Waals surface area contributed by atoms with Crippen LogP contribution in [0.25, 0.3) is 0 Å². The van der Waals surface area contributed by atoms with E-state index in [1.165, 1.54) is 0 Å². The van der Waals surface area contributed by atoms with Crippen LogP contribution in [-0.4, -0.2) is 110 Å². The van der Waals surface area contributed by atoms with Crippen LogP contribution >= 0.6 is 0 Å². The van der Waals surface area contributed by atoms with Gasteiger partial charge in [0.1, 0.15) is 48.8 Å². The molecular weight excluding hydrogens is 302 g/mol. The van der Waals surface area contributed by atoms with E-state index in [2.05, 4.69) is 0 Å². The van der Waals surface area contributed by atoms with Crippen molar-refractivity contribution in [2.24, 2.45) is 5.73 Å². The molecule has 1 unspecified atom stereocenters. The maximum atomic E-state index is 10.2. The molecule has 0 aliphatic carbocycles. The number of hydrogen-bond donors (Lipinski definition) is 8. The fourth-order valence-corrected chi connectivity index (χ4v) is 2.91. The number of aliphatic hydroxyl groups excluding tert-OH is 7. The van der Waals surface area contributed by atoms with Crippen LogP contribution < -0.4 is 5.73 Å². The first-order valence-corrected chi connectivity index (χ1v) is 6.96. The molecule has 0 spiro atoms. The Kier molecular flexibility index (Phi) is 5.39. The van der Waals surface area contributed by atoms with Crippen LogP contribution in [0.5, 0.6) is 0 Å². The summed E-state index contributed by atoms with van der Waals surface area (Å²) in [6.07, 6.45) is -11.7. The minimum absolute atomic E-state index is 0.376. The summed E-state index contributed by atoms with van der Waals surface area (Å²) >= 11 is 0. The number of nitrogens with two attached hydrogens (primary N) is 1.